The Hall–Kier alpha value is -5.53. The van der Waals surface area contributed by atoms with Gasteiger partial charge in [0.05, 0.1) is 12.1 Å². The van der Waals surface area contributed by atoms with Crippen LogP contribution in [0.3, 0.4) is 0 Å². The van der Waals surface area contributed by atoms with E-state index in [2.05, 4.69) is 50.7 Å². The lowest BCUT2D eigenvalue weighted by Gasteiger charge is -2.15. The van der Waals surface area contributed by atoms with Crippen LogP contribution in [-0.2, 0) is 11.3 Å². The number of nitrogens with one attached hydrogen (secondary N) is 2. The predicted molar refractivity (Wildman–Crippen MR) is 167 cm³/mol. The highest BCUT2D eigenvalue weighted by molar-refractivity contribution is 5.94. The van der Waals surface area contributed by atoms with Crippen molar-refractivity contribution in [2.24, 2.45) is 0 Å². The summed E-state index contributed by atoms with van der Waals surface area (Å²) in [7, 11) is 3.23. The number of hydrogen-bond donors (Lipinski definition) is 2. The molecular formula is C33H30N8O2. The molecule has 0 saturated heterocycles. The Morgan fingerprint density at radius 3 is 2.67 bits per heavy atom. The molecule has 1 aliphatic heterocycles. The third-order valence-corrected chi connectivity index (χ3v) is 7.21. The average Bonchev–Trinajstić information content (AvgIpc) is 3.51. The number of anilines is 2. The molecule has 0 saturated carbocycles. The summed E-state index contributed by atoms with van der Waals surface area (Å²) < 4.78 is 3.57. The molecule has 0 fully saturated rings. The molecule has 10 heteroatoms. The van der Waals surface area contributed by atoms with Gasteiger partial charge in [0, 0.05) is 73.8 Å². The first-order valence-corrected chi connectivity index (χ1v) is 13.9. The molecule has 2 N–H and O–H groups in total. The third-order valence-electron chi connectivity index (χ3n) is 7.21. The second kappa shape index (κ2) is 12.1. The Labute approximate surface area is 248 Å². The number of nitrogens with zero attached hydrogens (tertiary/aromatic N) is 6. The van der Waals surface area contributed by atoms with E-state index in [0.29, 0.717) is 17.0 Å². The van der Waals surface area contributed by atoms with Crippen LogP contribution in [0.15, 0.2) is 90.3 Å². The van der Waals surface area contributed by atoms with E-state index in [9.17, 15) is 9.59 Å². The SMILES string of the molecule is CN(C)C(=O)C#Cc1cc2cnc(Nc3ccc(C4=CCNCC4)cc3)nc2n(Cc2cccn2-c2ccncc2)c1=O. The van der Waals surface area contributed by atoms with Gasteiger partial charge in [0.2, 0.25) is 5.95 Å². The minimum absolute atomic E-state index is 0.192. The summed E-state index contributed by atoms with van der Waals surface area (Å²) >= 11 is 0. The molecule has 0 atom stereocenters. The van der Waals surface area contributed by atoms with E-state index in [0.717, 1.165) is 36.6 Å². The van der Waals surface area contributed by atoms with Crippen LogP contribution in [0.5, 0.6) is 0 Å². The Balaban J connectivity index is 1.39. The molecule has 0 spiro atoms. The van der Waals surface area contributed by atoms with Gasteiger partial charge in [-0.3, -0.25) is 19.1 Å². The van der Waals surface area contributed by atoms with E-state index in [-0.39, 0.29) is 17.7 Å². The molecule has 1 amide bonds. The van der Waals surface area contributed by atoms with Gasteiger partial charge in [0.15, 0.2) is 0 Å². The fourth-order valence-corrected chi connectivity index (χ4v) is 4.93. The van der Waals surface area contributed by atoms with Crippen LogP contribution in [0.2, 0.25) is 0 Å². The fraction of sp³-hybridized carbons (Fsp3) is 0.182. The zero-order valence-corrected chi connectivity index (χ0v) is 23.9. The second-order valence-corrected chi connectivity index (χ2v) is 10.3. The molecule has 43 heavy (non-hydrogen) atoms. The Morgan fingerprint density at radius 1 is 1.12 bits per heavy atom. The van der Waals surface area contributed by atoms with Crippen LogP contribution < -0.4 is 16.2 Å². The zero-order chi connectivity index (χ0) is 29.8. The van der Waals surface area contributed by atoms with Crippen LogP contribution in [0.25, 0.3) is 22.3 Å². The predicted octanol–water partition coefficient (Wildman–Crippen LogP) is 3.59. The van der Waals surface area contributed by atoms with Gasteiger partial charge >= 0.3 is 0 Å². The van der Waals surface area contributed by atoms with E-state index < -0.39 is 5.91 Å². The summed E-state index contributed by atoms with van der Waals surface area (Å²) in [6.07, 6.45) is 10.3. The molecule has 0 bridgehead atoms. The molecule has 1 aromatic carbocycles. The number of amides is 1. The van der Waals surface area contributed by atoms with Crippen molar-refractivity contribution in [3.63, 3.8) is 0 Å². The number of carbonyl (C=O) groups is 1. The maximum absolute atomic E-state index is 13.8. The molecule has 0 radical (unpaired) electrons. The number of fused-ring (bicyclic) bond motifs is 1. The van der Waals surface area contributed by atoms with Crippen LogP contribution in [0, 0.1) is 11.8 Å². The third kappa shape index (κ3) is 6.07. The number of pyridine rings is 2. The molecule has 6 rings (SSSR count). The Kier molecular flexibility index (Phi) is 7.80. The van der Waals surface area contributed by atoms with E-state index in [4.69, 9.17) is 4.98 Å². The van der Waals surface area contributed by atoms with Gasteiger partial charge in [-0.1, -0.05) is 24.1 Å². The summed E-state index contributed by atoms with van der Waals surface area (Å²) in [6.45, 7) is 2.08. The maximum Gasteiger partial charge on any atom is 0.298 e. The fourth-order valence-electron chi connectivity index (χ4n) is 4.93. The number of carbonyl (C=O) groups excluding carboxylic acids is 1. The van der Waals surface area contributed by atoms with Crippen molar-refractivity contribution in [1.29, 1.82) is 0 Å². The standard InChI is InChI=1S/C33H30N8O2/c1-39(2)30(42)10-7-25-20-26-21-36-33(37-27-8-5-23(6-9-27)24-11-15-34-16-12-24)38-31(26)41(32(25)43)22-29-4-3-19-40(29)28-13-17-35-18-14-28/h3-6,8-9,11,13-14,17-21,34H,12,15-16,22H2,1-2H3,(H,36,37,38). The summed E-state index contributed by atoms with van der Waals surface area (Å²) in [6, 6.07) is 17.5. The Bertz CT molecular complexity index is 1940. The highest BCUT2D eigenvalue weighted by atomic mass is 16.2. The van der Waals surface area contributed by atoms with Crippen LogP contribution in [0.1, 0.15) is 23.2 Å². The highest BCUT2D eigenvalue weighted by Crippen LogP contribution is 2.23. The molecule has 5 aromatic rings. The topological polar surface area (TPSA) is 110 Å². The lowest BCUT2D eigenvalue weighted by molar-refractivity contribution is -0.122. The number of rotatable bonds is 6. The van der Waals surface area contributed by atoms with E-state index >= 15 is 0 Å². The number of hydrogen-bond acceptors (Lipinski definition) is 7. The van der Waals surface area contributed by atoms with Crippen molar-refractivity contribution in [2.45, 2.75) is 13.0 Å². The average molecular weight is 571 g/mol. The van der Waals surface area contributed by atoms with Crippen molar-refractivity contribution in [3.8, 4) is 17.5 Å². The van der Waals surface area contributed by atoms with E-state index in [1.165, 1.54) is 16.0 Å². The quantitative estimate of drug-likeness (QED) is 0.300. The monoisotopic (exact) mass is 570 g/mol. The smallest absolute Gasteiger partial charge is 0.298 e. The van der Waals surface area contributed by atoms with Crippen molar-refractivity contribution < 1.29 is 4.79 Å². The zero-order valence-electron chi connectivity index (χ0n) is 23.9. The van der Waals surface area contributed by atoms with Crippen molar-refractivity contribution in [3.05, 3.63) is 113 Å². The van der Waals surface area contributed by atoms with Gasteiger partial charge in [0.1, 0.15) is 5.65 Å². The summed E-state index contributed by atoms with van der Waals surface area (Å²) in [5.74, 6) is 5.29. The molecule has 214 valence electrons. The van der Waals surface area contributed by atoms with Crippen LogP contribution >= 0.6 is 0 Å². The largest absolute Gasteiger partial charge is 0.338 e. The summed E-state index contributed by atoms with van der Waals surface area (Å²) in [5, 5.41) is 7.24. The van der Waals surface area contributed by atoms with Crippen molar-refractivity contribution in [1.82, 2.24) is 34.3 Å². The highest BCUT2D eigenvalue weighted by Gasteiger charge is 2.15. The van der Waals surface area contributed by atoms with Crippen LogP contribution in [-0.4, -0.2) is 62.1 Å². The first-order chi connectivity index (χ1) is 21.0. The normalized spacial score (nSPS) is 12.7. The van der Waals surface area contributed by atoms with Gasteiger partial charge in [-0.15, -0.1) is 0 Å². The van der Waals surface area contributed by atoms with E-state index in [1.807, 2.05) is 47.2 Å². The molecule has 1 aliphatic rings. The van der Waals surface area contributed by atoms with E-state index in [1.54, 1.807) is 43.3 Å². The molecule has 10 nitrogen and oxygen atoms in total. The summed E-state index contributed by atoms with van der Waals surface area (Å²) in [4.78, 5) is 40.7. The van der Waals surface area contributed by atoms with Gasteiger partial charge in [-0.2, -0.15) is 4.98 Å². The van der Waals surface area contributed by atoms with Crippen molar-refractivity contribution >= 4 is 34.1 Å². The number of aromatic nitrogens is 5. The molecule has 5 heterocycles. The van der Waals surface area contributed by atoms with Crippen molar-refractivity contribution in [2.75, 3.05) is 32.5 Å². The van der Waals surface area contributed by atoms with Crippen LogP contribution in [0.4, 0.5) is 11.6 Å². The van der Waals surface area contributed by atoms with Gasteiger partial charge in [-0.25, -0.2) is 4.98 Å². The first-order valence-electron chi connectivity index (χ1n) is 13.9. The maximum atomic E-state index is 13.8. The van der Waals surface area contributed by atoms with Gasteiger partial charge < -0.3 is 20.1 Å². The van der Waals surface area contributed by atoms with Gasteiger partial charge in [0.25, 0.3) is 11.5 Å². The molecule has 0 aliphatic carbocycles. The first kappa shape index (κ1) is 27.6. The van der Waals surface area contributed by atoms with Gasteiger partial charge in [-0.05, 0) is 66.6 Å². The molecular weight excluding hydrogens is 540 g/mol. The molecule has 4 aromatic heterocycles. The second-order valence-electron chi connectivity index (χ2n) is 10.3. The number of benzene rings is 1. The molecule has 0 unspecified atom stereocenters. The Morgan fingerprint density at radius 2 is 1.93 bits per heavy atom. The summed E-state index contributed by atoms with van der Waals surface area (Å²) in [5.41, 5.74) is 5.43. The lowest BCUT2D eigenvalue weighted by atomic mass is 10.0. The minimum atomic E-state index is -0.393. The lowest BCUT2D eigenvalue weighted by Crippen LogP contribution is -2.26. The minimum Gasteiger partial charge on any atom is -0.338 e.